The van der Waals surface area contributed by atoms with Crippen molar-refractivity contribution in [3.8, 4) is 5.75 Å². The number of nitrogens with one attached hydrogen (secondary N) is 1. The molecule has 0 saturated carbocycles. The van der Waals surface area contributed by atoms with Gasteiger partial charge in [-0.15, -0.1) is 0 Å². The van der Waals surface area contributed by atoms with Crippen LogP contribution in [0.3, 0.4) is 0 Å². The number of aliphatic hydroxyl groups is 2. The number of carbonyl (C=O) groups excluding carboxylic acids is 1. The topological polar surface area (TPSA) is 85.3 Å². The highest BCUT2D eigenvalue weighted by atomic mass is 35.5. The van der Waals surface area contributed by atoms with Gasteiger partial charge < -0.3 is 25.2 Å². The fraction of sp³-hybridized carbons (Fsp3) is 0.486. The van der Waals surface area contributed by atoms with Gasteiger partial charge in [0, 0.05) is 37.2 Å². The van der Waals surface area contributed by atoms with Crippen LogP contribution in [-0.4, -0.2) is 52.8 Å². The Labute approximate surface area is 272 Å². The van der Waals surface area contributed by atoms with Gasteiger partial charge in [0.05, 0.1) is 26.4 Å². The number of hydrogen-bond acceptors (Lipinski definition) is 5. The molecule has 0 aliphatic carbocycles. The van der Waals surface area contributed by atoms with Crippen LogP contribution in [0.4, 0.5) is 4.79 Å². The highest BCUT2D eigenvalue weighted by Gasteiger charge is 2.42. The number of nitrogens with zero attached hydrogens (tertiary/aromatic N) is 2. The number of fused-ring (bicyclic) bond motifs is 4. The SMILES string of the molecule is CCC1CN2CCc3cc(CO)c(CO)cc3C2CC1CC1c2cc(OC)c(C)cc2CCN1C(=O)NCc1ccc(Cl)cc1. The number of amides is 2. The molecule has 0 radical (unpaired) electrons. The summed E-state index contributed by atoms with van der Waals surface area (Å²) >= 11 is 6.08. The Morgan fingerprint density at radius 1 is 0.978 bits per heavy atom. The molecule has 1 fully saturated rings. The fourth-order valence-electron chi connectivity index (χ4n) is 8.11. The van der Waals surface area contributed by atoms with Crippen molar-refractivity contribution >= 4 is 17.6 Å². The predicted molar refractivity (Wildman–Crippen MR) is 177 cm³/mol. The number of piperidine rings is 1. The van der Waals surface area contributed by atoms with Crippen molar-refractivity contribution in [1.82, 2.24) is 15.1 Å². The molecular weight excluding hydrogens is 586 g/mol. The molecular formula is C37H46ClN3O4. The smallest absolute Gasteiger partial charge is 0.318 e. The lowest BCUT2D eigenvalue weighted by Crippen LogP contribution is -2.49. The quantitative estimate of drug-likeness (QED) is 0.265. The average molecular weight is 632 g/mol. The second-order valence-corrected chi connectivity index (χ2v) is 13.5. The van der Waals surface area contributed by atoms with Crippen LogP contribution < -0.4 is 10.1 Å². The van der Waals surface area contributed by atoms with Crippen LogP contribution in [-0.2, 0) is 32.6 Å². The average Bonchev–Trinajstić information content (AvgIpc) is 3.06. The molecule has 3 heterocycles. The normalized spacial score (nSPS) is 22.8. The van der Waals surface area contributed by atoms with Gasteiger partial charge in [-0.05, 0) is 107 Å². The number of benzene rings is 3. The highest BCUT2D eigenvalue weighted by molar-refractivity contribution is 6.30. The van der Waals surface area contributed by atoms with Crippen molar-refractivity contribution in [2.45, 2.75) is 77.8 Å². The first kappa shape index (κ1) is 31.9. The molecule has 3 aliphatic heterocycles. The van der Waals surface area contributed by atoms with E-state index < -0.39 is 0 Å². The first-order valence-corrected chi connectivity index (χ1v) is 16.8. The Bertz CT molecular complexity index is 1530. The van der Waals surface area contributed by atoms with Crippen molar-refractivity contribution in [3.05, 3.63) is 98.1 Å². The zero-order valence-electron chi connectivity index (χ0n) is 26.7. The molecule has 2 amide bonds. The summed E-state index contributed by atoms with van der Waals surface area (Å²) in [5, 5.41) is 23.9. The number of hydrogen-bond donors (Lipinski definition) is 3. The van der Waals surface area contributed by atoms with Gasteiger partial charge in [0.25, 0.3) is 0 Å². The van der Waals surface area contributed by atoms with Gasteiger partial charge in [-0.3, -0.25) is 4.90 Å². The minimum Gasteiger partial charge on any atom is -0.496 e. The van der Waals surface area contributed by atoms with Crippen LogP contribution in [0.25, 0.3) is 0 Å². The Morgan fingerprint density at radius 2 is 1.69 bits per heavy atom. The van der Waals surface area contributed by atoms with E-state index >= 15 is 0 Å². The first-order valence-electron chi connectivity index (χ1n) is 16.4. The van der Waals surface area contributed by atoms with E-state index in [1.54, 1.807) is 7.11 Å². The molecule has 4 unspecified atom stereocenters. The van der Waals surface area contributed by atoms with E-state index in [0.29, 0.717) is 29.9 Å². The molecule has 4 atom stereocenters. The fourth-order valence-corrected chi connectivity index (χ4v) is 8.24. The van der Waals surface area contributed by atoms with E-state index in [9.17, 15) is 15.0 Å². The van der Waals surface area contributed by atoms with E-state index in [-0.39, 0.29) is 31.3 Å². The molecule has 8 heteroatoms. The maximum absolute atomic E-state index is 13.9. The lowest BCUT2D eigenvalue weighted by molar-refractivity contribution is 0.0351. The number of halogens is 1. The summed E-state index contributed by atoms with van der Waals surface area (Å²) in [5.41, 5.74) is 8.86. The highest BCUT2D eigenvalue weighted by Crippen LogP contribution is 2.47. The number of aryl methyl sites for hydroxylation is 1. The monoisotopic (exact) mass is 631 g/mol. The molecule has 3 N–H and O–H groups in total. The summed E-state index contributed by atoms with van der Waals surface area (Å²) in [6.45, 7) is 7.40. The van der Waals surface area contributed by atoms with Gasteiger partial charge in [-0.25, -0.2) is 4.79 Å². The van der Waals surface area contributed by atoms with Gasteiger partial charge in [0.2, 0.25) is 0 Å². The maximum Gasteiger partial charge on any atom is 0.318 e. The zero-order valence-corrected chi connectivity index (χ0v) is 27.4. The molecule has 0 aromatic heterocycles. The second kappa shape index (κ2) is 13.7. The largest absolute Gasteiger partial charge is 0.496 e. The van der Waals surface area contributed by atoms with Crippen molar-refractivity contribution < 1.29 is 19.7 Å². The Kier molecular flexibility index (Phi) is 9.71. The van der Waals surface area contributed by atoms with Crippen LogP contribution >= 0.6 is 11.6 Å². The van der Waals surface area contributed by atoms with Crippen molar-refractivity contribution in [2.24, 2.45) is 11.8 Å². The molecule has 6 rings (SSSR count). The molecule has 45 heavy (non-hydrogen) atoms. The van der Waals surface area contributed by atoms with E-state index in [1.165, 1.54) is 22.3 Å². The minimum atomic E-state index is -0.0723. The molecule has 0 spiro atoms. The summed E-state index contributed by atoms with van der Waals surface area (Å²) in [4.78, 5) is 18.6. The van der Waals surface area contributed by atoms with Gasteiger partial charge in [0.15, 0.2) is 0 Å². The lowest BCUT2D eigenvalue weighted by Gasteiger charge is -2.49. The number of urea groups is 1. The second-order valence-electron chi connectivity index (χ2n) is 13.1. The number of carbonyl (C=O) groups is 1. The number of methoxy groups -OCH3 is 1. The summed E-state index contributed by atoms with van der Waals surface area (Å²) in [5.74, 6) is 1.79. The van der Waals surface area contributed by atoms with Crippen LogP contribution in [0.5, 0.6) is 5.75 Å². The van der Waals surface area contributed by atoms with Crippen molar-refractivity contribution in [1.29, 1.82) is 0 Å². The van der Waals surface area contributed by atoms with E-state index in [2.05, 4.69) is 53.2 Å². The third-order valence-corrected chi connectivity index (χ3v) is 10.9. The Hall–Kier alpha value is -3.10. The van der Waals surface area contributed by atoms with Crippen molar-refractivity contribution in [2.75, 3.05) is 26.7 Å². The zero-order chi connectivity index (χ0) is 31.7. The summed E-state index contributed by atoms with van der Waals surface area (Å²) in [7, 11) is 1.72. The standard InChI is InChI=1S/C37H46ClN3O4/c1-4-25-20-40-11-9-27-14-29(21-42)30(22-43)15-32(27)34(40)16-28(25)17-35-33-18-36(45-3)23(2)13-26(33)10-12-41(35)37(44)39-19-24-5-7-31(38)8-6-24/h5-8,13-15,18,25,28,34-35,42-43H,4,9-12,16-17,19-22H2,1-3H3,(H,39,44). The van der Waals surface area contributed by atoms with E-state index in [0.717, 1.165) is 73.2 Å². The number of aliphatic hydroxyl groups excluding tert-OH is 2. The molecule has 3 aliphatic rings. The van der Waals surface area contributed by atoms with Gasteiger partial charge in [-0.2, -0.15) is 0 Å². The predicted octanol–water partition coefficient (Wildman–Crippen LogP) is 6.49. The summed E-state index contributed by atoms with van der Waals surface area (Å²) < 4.78 is 5.78. The van der Waals surface area contributed by atoms with Crippen molar-refractivity contribution in [3.63, 3.8) is 0 Å². The van der Waals surface area contributed by atoms with E-state index in [1.807, 2.05) is 24.3 Å². The molecule has 240 valence electrons. The third-order valence-electron chi connectivity index (χ3n) is 10.6. The minimum absolute atomic E-state index is 0.0437. The molecule has 3 aromatic carbocycles. The lowest BCUT2D eigenvalue weighted by atomic mass is 9.71. The Balaban J connectivity index is 1.31. The molecule has 3 aromatic rings. The summed E-state index contributed by atoms with van der Waals surface area (Å²) in [6.07, 6.45) is 4.75. The van der Waals surface area contributed by atoms with Crippen LogP contribution in [0.15, 0.2) is 48.5 Å². The molecule has 0 bridgehead atoms. The molecule has 1 saturated heterocycles. The number of ether oxygens (including phenoxy) is 1. The van der Waals surface area contributed by atoms with E-state index in [4.69, 9.17) is 16.3 Å². The number of rotatable bonds is 8. The van der Waals surface area contributed by atoms with Gasteiger partial charge in [-0.1, -0.05) is 55.3 Å². The van der Waals surface area contributed by atoms with Gasteiger partial charge >= 0.3 is 6.03 Å². The van der Waals surface area contributed by atoms with Crippen LogP contribution in [0, 0.1) is 18.8 Å². The van der Waals surface area contributed by atoms with Gasteiger partial charge in [0.1, 0.15) is 5.75 Å². The third kappa shape index (κ3) is 6.46. The first-order chi connectivity index (χ1) is 21.8. The van der Waals surface area contributed by atoms with Crippen LogP contribution in [0.1, 0.15) is 82.8 Å². The maximum atomic E-state index is 13.9. The molecule has 7 nitrogen and oxygen atoms in total. The Morgan fingerprint density at radius 3 is 2.40 bits per heavy atom. The van der Waals surface area contributed by atoms with Crippen LogP contribution in [0.2, 0.25) is 5.02 Å². The summed E-state index contributed by atoms with van der Waals surface area (Å²) in [6, 6.07) is 16.4.